The summed E-state index contributed by atoms with van der Waals surface area (Å²) in [5.74, 6) is 0.917. The number of pyridine rings is 2. The molecule has 0 aliphatic carbocycles. The predicted octanol–water partition coefficient (Wildman–Crippen LogP) is 2.34. The second kappa shape index (κ2) is 3.66. The topological polar surface area (TPSA) is 43.6 Å². The molecule has 0 bridgehead atoms. The van der Waals surface area contributed by atoms with Gasteiger partial charge >= 0.3 is 0 Å². The normalized spacial score (nSPS) is 10.9. The van der Waals surface area contributed by atoms with Gasteiger partial charge in [-0.3, -0.25) is 4.98 Å². The molecule has 0 amide bonds. The molecule has 0 fully saturated rings. The third kappa shape index (κ3) is 1.58. The van der Waals surface area contributed by atoms with Gasteiger partial charge in [0, 0.05) is 31.2 Å². The SMILES string of the molecule is Cc1cnc2c(c1)nc(-c1ccncc1)n2C. The Hall–Kier alpha value is -2.23. The zero-order chi connectivity index (χ0) is 11.8. The van der Waals surface area contributed by atoms with Crippen LogP contribution in [0.15, 0.2) is 36.8 Å². The highest BCUT2D eigenvalue weighted by atomic mass is 15.1. The minimum absolute atomic E-state index is 0.905. The van der Waals surface area contributed by atoms with Gasteiger partial charge in [0.05, 0.1) is 0 Å². The van der Waals surface area contributed by atoms with Crippen LogP contribution in [0.5, 0.6) is 0 Å². The summed E-state index contributed by atoms with van der Waals surface area (Å²) in [6.45, 7) is 2.02. The average Bonchev–Trinajstić information content (AvgIpc) is 2.67. The number of fused-ring (bicyclic) bond motifs is 1. The Bertz CT molecular complexity index is 670. The van der Waals surface area contributed by atoms with E-state index in [1.165, 1.54) is 0 Å². The lowest BCUT2D eigenvalue weighted by Gasteiger charge is -2.00. The van der Waals surface area contributed by atoms with E-state index in [2.05, 4.69) is 15.0 Å². The van der Waals surface area contributed by atoms with Crippen molar-refractivity contribution in [3.63, 3.8) is 0 Å². The Morgan fingerprint density at radius 1 is 1.18 bits per heavy atom. The number of hydrogen-bond donors (Lipinski definition) is 0. The molecule has 4 heteroatoms. The number of hydrogen-bond acceptors (Lipinski definition) is 3. The molecule has 0 saturated heterocycles. The van der Waals surface area contributed by atoms with Crippen molar-refractivity contribution in [2.24, 2.45) is 7.05 Å². The highest BCUT2D eigenvalue weighted by molar-refractivity contribution is 5.77. The molecule has 0 unspecified atom stereocenters. The molecular formula is C13H12N4. The fourth-order valence-corrected chi connectivity index (χ4v) is 1.94. The third-order valence-corrected chi connectivity index (χ3v) is 2.78. The molecule has 0 atom stereocenters. The summed E-state index contributed by atoms with van der Waals surface area (Å²) >= 11 is 0. The Labute approximate surface area is 99.0 Å². The first-order valence-electron chi connectivity index (χ1n) is 5.45. The van der Waals surface area contributed by atoms with Gasteiger partial charge in [0.1, 0.15) is 11.3 Å². The Balaban J connectivity index is 2.28. The Kier molecular flexibility index (Phi) is 2.14. The van der Waals surface area contributed by atoms with Gasteiger partial charge in [-0.1, -0.05) is 0 Å². The molecule has 3 aromatic rings. The molecular weight excluding hydrogens is 212 g/mol. The van der Waals surface area contributed by atoms with Crippen molar-refractivity contribution >= 4 is 11.2 Å². The van der Waals surface area contributed by atoms with E-state index in [1.54, 1.807) is 12.4 Å². The monoisotopic (exact) mass is 224 g/mol. The maximum atomic E-state index is 4.62. The van der Waals surface area contributed by atoms with E-state index in [0.29, 0.717) is 0 Å². The number of nitrogens with zero attached hydrogens (tertiary/aromatic N) is 4. The zero-order valence-corrected chi connectivity index (χ0v) is 9.75. The van der Waals surface area contributed by atoms with E-state index in [0.717, 1.165) is 28.1 Å². The van der Waals surface area contributed by atoms with Crippen molar-refractivity contribution in [1.82, 2.24) is 19.5 Å². The van der Waals surface area contributed by atoms with Crippen LogP contribution >= 0.6 is 0 Å². The Morgan fingerprint density at radius 2 is 1.94 bits per heavy atom. The lowest BCUT2D eigenvalue weighted by Crippen LogP contribution is -1.93. The maximum Gasteiger partial charge on any atom is 0.160 e. The molecule has 0 spiro atoms. The summed E-state index contributed by atoms with van der Waals surface area (Å²) in [4.78, 5) is 13.0. The van der Waals surface area contributed by atoms with Crippen LogP contribution in [0.4, 0.5) is 0 Å². The fraction of sp³-hybridized carbons (Fsp3) is 0.154. The van der Waals surface area contributed by atoms with E-state index in [4.69, 9.17) is 0 Å². The van der Waals surface area contributed by atoms with Gasteiger partial charge in [-0.2, -0.15) is 0 Å². The van der Waals surface area contributed by atoms with Crippen LogP contribution in [-0.4, -0.2) is 19.5 Å². The average molecular weight is 224 g/mol. The second-order valence-corrected chi connectivity index (χ2v) is 4.09. The molecule has 0 saturated carbocycles. The molecule has 3 aromatic heterocycles. The molecule has 0 aliphatic heterocycles. The summed E-state index contributed by atoms with van der Waals surface area (Å²) in [7, 11) is 1.98. The van der Waals surface area contributed by atoms with Gasteiger partial charge in [0.2, 0.25) is 0 Å². The largest absolute Gasteiger partial charge is 0.312 e. The van der Waals surface area contributed by atoms with Crippen molar-refractivity contribution < 1.29 is 0 Å². The van der Waals surface area contributed by atoms with Crippen LogP contribution in [0, 0.1) is 6.92 Å². The minimum atomic E-state index is 0.905. The van der Waals surface area contributed by atoms with Crippen molar-refractivity contribution in [3.05, 3.63) is 42.4 Å². The zero-order valence-electron chi connectivity index (χ0n) is 9.75. The smallest absolute Gasteiger partial charge is 0.160 e. The highest BCUT2D eigenvalue weighted by Crippen LogP contribution is 2.21. The van der Waals surface area contributed by atoms with Gasteiger partial charge in [0.15, 0.2) is 5.65 Å². The predicted molar refractivity (Wildman–Crippen MR) is 66.5 cm³/mol. The Morgan fingerprint density at radius 3 is 2.71 bits per heavy atom. The van der Waals surface area contributed by atoms with Crippen LogP contribution in [0.2, 0.25) is 0 Å². The van der Waals surface area contributed by atoms with E-state index in [-0.39, 0.29) is 0 Å². The number of aromatic nitrogens is 4. The summed E-state index contributed by atoms with van der Waals surface area (Å²) in [6, 6.07) is 5.95. The van der Waals surface area contributed by atoms with Crippen molar-refractivity contribution in [2.75, 3.05) is 0 Å². The third-order valence-electron chi connectivity index (χ3n) is 2.78. The summed E-state index contributed by atoms with van der Waals surface area (Å²) in [6.07, 6.45) is 5.40. The highest BCUT2D eigenvalue weighted by Gasteiger charge is 2.10. The van der Waals surface area contributed by atoms with Gasteiger partial charge in [-0.25, -0.2) is 9.97 Å². The van der Waals surface area contributed by atoms with Gasteiger partial charge in [-0.15, -0.1) is 0 Å². The van der Waals surface area contributed by atoms with E-state index in [9.17, 15) is 0 Å². The maximum absolute atomic E-state index is 4.62. The minimum Gasteiger partial charge on any atom is -0.312 e. The van der Waals surface area contributed by atoms with E-state index < -0.39 is 0 Å². The molecule has 0 aromatic carbocycles. The van der Waals surface area contributed by atoms with Gasteiger partial charge in [-0.05, 0) is 30.7 Å². The van der Waals surface area contributed by atoms with Crippen molar-refractivity contribution in [2.45, 2.75) is 6.92 Å². The lowest BCUT2D eigenvalue weighted by atomic mass is 10.2. The number of aryl methyl sites for hydroxylation is 2. The van der Waals surface area contributed by atoms with Crippen LogP contribution in [-0.2, 0) is 7.05 Å². The number of rotatable bonds is 1. The standard InChI is InChI=1S/C13H12N4/c1-9-7-11-13(15-8-9)17(2)12(16-11)10-3-5-14-6-4-10/h3-8H,1-2H3. The van der Waals surface area contributed by atoms with E-state index >= 15 is 0 Å². The van der Waals surface area contributed by atoms with Gasteiger partial charge in [0.25, 0.3) is 0 Å². The van der Waals surface area contributed by atoms with Crippen LogP contribution in [0.1, 0.15) is 5.56 Å². The first-order valence-corrected chi connectivity index (χ1v) is 5.45. The molecule has 0 radical (unpaired) electrons. The fourth-order valence-electron chi connectivity index (χ4n) is 1.94. The van der Waals surface area contributed by atoms with Gasteiger partial charge < -0.3 is 4.57 Å². The molecule has 3 heterocycles. The molecule has 17 heavy (non-hydrogen) atoms. The quantitative estimate of drug-likeness (QED) is 0.637. The first kappa shape index (κ1) is 9.96. The summed E-state index contributed by atoms with van der Waals surface area (Å²) in [5, 5.41) is 0. The van der Waals surface area contributed by atoms with E-state index in [1.807, 2.05) is 42.9 Å². The summed E-state index contributed by atoms with van der Waals surface area (Å²) in [5.41, 5.74) is 4.01. The first-order chi connectivity index (χ1) is 8.25. The van der Waals surface area contributed by atoms with Crippen LogP contribution in [0.25, 0.3) is 22.6 Å². The summed E-state index contributed by atoms with van der Waals surface area (Å²) < 4.78 is 2.00. The second-order valence-electron chi connectivity index (χ2n) is 4.09. The molecule has 4 nitrogen and oxygen atoms in total. The lowest BCUT2D eigenvalue weighted by molar-refractivity contribution is 0.941. The van der Waals surface area contributed by atoms with Crippen molar-refractivity contribution in [3.8, 4) is 11.4 Å². The molecule has 3 rings (SSSR count). The molecule has 0 N–H and O–H groups in total. The molecule has 84 valence electrons. The number of imidazole rings is 1. The van der Waals surface area contributed by atoms with Crippen LogP contribution in [0.3, 0.4) is 0 Å². The van der Waals surface area contributed by atoms with Crippen molar-refractivity contribution in [1.29, 1.82) is 0 Å². The van der Waals surface area contributed by atoms with Crippen LogP contribution < -0.4 is 0 Å². The molecule has 0 aliphatic rings.